The molecule has 0 aliphatic carbocycles. The number of likely N-dealkylation sites (tertiary alicyclic amines) is 2. The number of ether oxygens (including phenoxy) is 1. The number of hydrogen-bond donors (Lipinski definition) is 0. The van der Waals surface area contributed by atoms with Crippen LogP contribution in [-0.4, -0.2) is 60.6 Å². The molecule has 0 spiro atoms. The number of aryl methyl sites for hydroxylation is 1. The maximum absolute atomic E-state index is 13.3. The molecule has 0 unspecified atom stereocenters. The van der Waals surface area contributed by atoms with Crippen LogP contribution in [0, 0.1) is 12.8 Å². The van der Waals surface area contributed by atoms with Crippen molar-refractivity contribution in [3.8, 4) is 5.75 Å². The van der Waals surface area contributed by atoms with Crippen LogP contribution in [0.25, 0.3) is 0 Å². The number of hydrogen-bond acceptors (Lipinski definition) is 3. The zero-order valence-corrected chi connectivity index (χ0v) is 17.0. The summed E-state index contributed by atoms with van der Waals surface area (Å²) in [6.45, 7) is 7.81. The number of urea groups is 1. The number of carbonyl (C=O) groups is 2. The van der Waals surface area contributed by atoms with Crippen LogP contribution in [0.5, 0.6) is 5.75 Å². The Morgan fingerprint density at radius 2 is 1.79 bits per heavy atom. The minimum absolute atomic E-state index is 0.0217. The van der Waals surface area contributed by atoms with E-state index < -0.39 is 0 Å². The highest BCUT2D eigenvalue weighted by Crippen LogP contribution is 2.36. The van der Waals surface area contributed by atoms with Crippen molar-refractivity contribution in [2.75, 3.05) is 37.6 Å². The van der Waals surface area contributed by atoms with Gasteiger partial charge in [0.05, 0.1) is 12.2 Å². The molecule has 3 aliphatic rings. The minimum Gasteiger partial charge on any atom is -0.486 e. The quantitative estimate of drug-likeness (QED) is 0.784. The Hall–Kier alpha value is -2.24. The van der Waals surface area contributed by atoms with Gasteiger partial charge >= 0.3 is 6.03 Å². The number of piperidine rings is 1. The highest BCUT2D eigenvalue weighted by Gasteiger charge is 2.35. The molecule has 2 fully saturated rings. The molecule has 1 atom stereocenters. The fraction of sp³-hybridized carbons (Fsp3) is 0.636. The largest absolute Gasteiger partial charge is 0.486 e. The summed E-state index contributed by atoms with van der Waals surface area (Å²) in [5.41, 5.74) is 1.98. The van der Waals surface area contributed by atoms with Gasteiger partial charge in [-0.05, 0) is 56.7 Å². The van der Waals surface area contributed by atoms with Gasteiger partial charge in [-0.2, -0.15) is 0 Å². The van der Waals surface area contributed by atoms with E-state index in [1.165, 1.54) is 0 Å². The van der Waals surface area contributed by atoms with E-state index in [4.69, 9.17) is 4.74 Å². The van der Waals surface area contributed by atoms with Gasteiger partial charge in [0.15, 0.2) is 0 Å². The third-order valence-electron chi connectivity index (χ3n) is 6.30. The van der Waals surface area contributed by atoms with Gasteiger partial charge in [-0.15, -0.1) is 0 Å². The van der Waals surface area contributed by atoms with Gasteiger partial charge in [0, 0.05) is 32.1 Å². The van der Waals surface area contributed by atoms with Crippen LogP contribution >= 0.6 is 0 Å². The van der Waals surface area contributed by atoms with Crippen LogP contribution in [0.4, 0.5) is 10.5 Å². The zero-order valence-electron chi connectivity index (χ0n) is 17.0. The number of nitrogens with zero attached hydrogens (tertiary/aromatic N) is 3. The lowest BCUT2D eigenvalue weighted by Crippen LogP contribution is -2.52. The van der Waals surface area contributed by atoms with Gasteiger partial charge in [0.1, 0.15) is 11.9 Å². The lowest BCUT2D eigenvalue weighted by atomic mass is 9.95. The Morgan fingerprint density at radius 1 is 1.07 bits per heavy atom. The van der Waals surface area contributed by atoms with E-state index >= 15 is 0 Å². The van der Waals surface area contributed by atoms with Crippen molar-refractivity contribution >= 4 is 17.6 Å². The minimum atomic E-state index is 0.0217. The van der Waals surface area contributed by atoms with Crippen LogP contribution in [0.15, 0.2) is 18.2 Å². The summed E-state index contributed by atoms with van der Waals surface area (Å²) < 4.78 is 6.05. The molecule has 3 amide bonds. The van der Waals surface area contributed by atoms with Gasteiger partial charge in [0.2, 0.25) is 5.91 Å². The number of benzene rings is 1. The van der Waals surface area contributed by atoms with Gasteiger partial charge in [-0.25, -0.2) is 4.79 Å². The molecule has 6 heteroatoms. The first-order valence-corrected chi connectivity index (χ1v) is 10.7. The van der Waals surface area contributed by atoms with Crippen molar-refractivity contribution < 1.29 is 14.3 Å². The number of amides is 3. The van der Waals surface area contributed by atoms with Crippen molar-refractivity contribution in [1.82, 2.24) is 9.80 Å². The molecule has 152 valence electrons. The summed E-state index contributed by atoms with van der Waals surface area (Å²) >= 11 is 0. The van der Waals surface area contributed by atoms with Crippen LogP contribution in [0.2, 0.25) is 0 Å². The number of rotatable bonds is 2. The standard InChI is InChI=1S/C22H31N3O3/c1-3-18-15-25(19-14-16(2)6-7-20(19)28-18)22(27)24-12-8-17(9-13-24)21(26)23-10-4-5-11-23/h6-7,14,17-18H,3-5,8-13,15H2,1-2H3/t18-/m0/s1. The second kappa shape index (κ2) is 8.02. The summed E-state index contributed by atoms with van der Waals surface area (Å²) in [6, 6.07) is 6.06. The second-order valence-electron chi connectivity index (χ2n) is 8.31. The number of anilines is 1. The summed E-state index contributed by atoms with van der Waals surface area (Å²) in [5, 5.41) is 0. The molecule has 4 rings (SSSR count). The third kappa shape index (κ3) is 3.69. The van der Waals surface area contributed by atoms with E-state index in [9.17, 15) is 9.59 Å². The lowest BCUT2D eigenvalue weighted by molar-refractivity contribution is -0.135. The summed E-state index contributed by atoms with van der Waals surface area (Å²) in [5.74, 6) is 1.16. The van der Waals surface area contributed by atoms with Gasteiger partial charge in [0.25, 0.3) is 0 Å². The van der Waals surface area contributed by atoms with Crippen molar-refractivity contribution in [2.24, 2.45) is 5.92 Å². The highest BCUT2D eigenvalue weighted by molar-refractivity contribution is 5.94. The summed E-state index contributed by atoms with van der Waals surface area (Å²) in [6.07, 6.45) is 4.67. The lowest BCUT2D eigenvalue weighted by Gasteiger charge is -2.40. The van der Waals surface area contributed by atoms with Crippen molar-refractivity contribution in [3.63, 3.8) is 0 Å². The molecular weight excluding hydrogens is 354 g/mol. The molecule has 0 N–H and O–H groups in total. The molecule has 6 nitrogen and oxygen atoms in total. The monoisotopic (exact) mass is 385 g/mol. The molecule has 0 radical (unpaired) electrons. The average Bonchev–Trinajstić information content (AvgIpc) is 3.27. The molecule has 0 aromatic heterocycles. The van der Waals surface area contributed by atoms with E-state index in [2.05, 4.69) is 6.92 Å². The first-order valence-electron chi connectivity index (χ1n) is 10.7. The fourth-order valence-corrected chi connectivity index (χ4v) is 4.53. The van der Waals surface area contributed by atoms with E-state index in [1.807, 2.05) is 39.8 Å². The van der Waals surface area contributed by atoms with Crippen molar-refractivity contribution in [3.05, 3.63) is 23.8 Å². The maximum Gasteiger partial charge on any atom is 0.324 e. The van der Waals surface area contributed by atoms with Gasteiger partial charge in [-0.3, -0.25) is 9.69 Å². The Morgan fingerprint density at radius 3 is 2.46 bits per heavy atom. The first kappa shape index (κ1) is 19.1. The topological polar surface area (TPSA) is 53.1 Å². The molecule has 2 saturated heterocycles. The zero-order chi connectivity index (χ0) is 19.7. The molecule has 0 saturated carbocycles. The van der Waals surface area contributed by atoms with E-state index in [0.717, 1.165) is 62.2 Å². The average molecular weight is 386 g/mol. The van der Waals surface area contributed by atoms with Gasteiger partial charge < -0.3 is 14.5 Å². The molecule has 1 aromatic carbocycles. The normalized spacial score (nSPS) is 22.8. The molecule has 3 heterocycles. The molecular formula is C22H31N3O3. The predicted octanol–water partition coefficient (Wildman–Crippen LogP) is 3.43. The Balaban J connectivity index is 1.43. The van der Waals surface area contributed by atoms with Gasteiger partial charge in [-0.1, -0.05) is 13.0 Å². The Bertz CT molecular complexity index is 737. The van der Waals surface area contributed by atoms with Crippen LogP contribution in [0.3, 0.4) is 0 Å². The third-order valence-corrected chi connectivity index (χ3v) is 6.30. The van der Waals surface area contributed by atoms with Crippen LogP contribution < -0.4 is 9.64 Å². The smallest absolute Gasteiger partial charge is 0.324 e. The molecule has 0 bridgehead atoms. The van der Waals surface area contributed by atoms with Crippen LogP contribution in [-0.2, 0) is 4.79 Å². The summed E-state index contributed by atoms with van der Waals surface area (Å²) in [4.78, 5) is 31.8. The SMILES string of the molecule is CC[C@H]1CN(C(=O)N2CCC(C(=O)N3CCCC3)CC2)c2cc(C)ccc2O1. The van der Waals surface area contributed by atoms with Crippen molar-refractivity contribution in [2.45, 2.75) is 52.1 Å². The van der Waals surface area contributed by atoms with Crippen molar-refractivity contribution in [1.29, 1.82) is 0 Å². The molecule has 3 aliphatic heterocycles. The highest BCUT2D eigenvalue weighted by atomic mass is 16.5. The number of fused-ring (bicyclic) bond motifs is 1. The fourth-order valence-electron chi connectivity index (χ4n) is 4.53. The van der Waals surface area contributed by atoms with Crippen LogP contribution in [0.1, 0.15) is 44.6 Å². The Kier molecular flexibility index (Phi) is 5.47. The molecule has 28 heavy (non-hydrogen) atoms. The van der Waals surface area contributed by atoms with E-state index in [1.54, 1.807) is 0 Å². The molecule has 1 aromatic rings. The summed E-state index contributed by atoms with van der Waals surface area (Å²) in [7, 11) is 0. The second-order valence-corrected chi connectivity index (χ2v) is 8.31. The first-order chi connectivity index (χ1) is 13.6. The maximum atomic E-state index is 13.3. The van der Waals surface area contributed by atoms with E-state index in [-0.39, 0.29) is 18.1 Å². The van der Waals surface area contributed by atoms with E-state index in [0.29, 0.717) is 25.5 Å². The predicted molar refractivity (Wildman–Crippen MR) is 109 cm³/mol. The number of carbonyl (C=O) groups excluding carboxylic acids is 2. The Labute approximate surface area is 167 Å².